The number of anilines is 1. The molecule has 166 valence electrons. The molecule has 3 rings (SSSR count). The maximum Gasteiger partial charge on any atom is 0.242 e. The lowest BCUT2D eigenvalue weighted by atomic mass is 9.64. The molecule has 2 fully saturated rings. The van der Waals surface area contributed by atoms with E-state index in [1.54, 1.807) is 12.3 Å². The maximum absolute atomic E-state index is 13.1. The van der Waals surface area contributed by atoms with Crippen LogP contribution < -0.4 is 16.4 Å². The number of carbonyl (C=O) groups is 2. The predicted molar refractivity (Wildman–Crippen MR) is 119 cm³/mol. The maximum atomic E-state index is 13.1. The number of pyridine rings is 1. The monoisotopic (exact) mass is 414 g/mol. The van der Waals surface area contributed by atoms with Gasteiger partial charge in [-0.1, -0.05) is 58.4 Å². The van der Waals surface area contributed by atoms with E-state index in [1.807, 2.05) is 19.9 Å². The summed E-state index contributed by atoms with van der Waals surface area (Å²) in [5, 5.41) is 6.05. The Bertz CT molecular complexity index is 702. The Morgan fingerprint density at radius 3 is 2.63 bits per heavy atom. The van der Waals surface area contributed by atoms with Crippen molar-refractivity contribution < 1.29 is 9.59 Å². The number of nitrogen functional groups attached to an aromatic ring is 1. The number of nitrogens with zero attached hydrogens (tertiary/aromatic N) is 1. The van der Waals surface area contributed by atoms with E-state index in [2.05, 4.69) is 15.6 Å². The van der Waals surface area contributed by atoms with Crippen LogP contribution in [0.25, 0.3) is 0 Å². The molecule has 0 saturated heterocycles. The summed E-state index contributed by atoms with van der Waals surface area (Å²) in [5.74, 6) is 2.66. The summed E-state index contributed by atoms with van der Waals surface area (Å²) in [7, 11) is 0. The fraction of sp³-hybridized carbons (Fsp3) is 0.708. The number of amides is 2. The third kappa shape index (κ3) is 6.44. The van der Waals surface area contributed by atoms with Crippen LogP contribution in [0, 0.1) is 23.7 Å². The lowest BCUT2D eigenvalue weighted by molar-refractivity contribution is -0.130. The normalized spacial score (nSPS) is 24.7. The van der Waals surface area contributed by atoms with Crippen LogP contribution in [0.15, 0.2) is 18.3 Å². The number of hydrogen-bond donors (Lipinski definition) is 3. The first-order valence-electron chi connectivity index (χ1n) is 11.7. The van der Waals surface area contributed by atoms with Crippen molar-refractivity contribution in [2.75, 3.05) is 5.73 Å². The molecule has 2 aliphatic carbocycles. The molecule has 6 heteroatoms. The zero-order valence-corrected chi connectivity index (χ0v) is 18.5. The highest BCUT2D eigenvalue weighted by Crippen LogP contribution is 2.45. The molecule has 0 radical (unpaired) electrons. The van der Waals surface area contributed by atoms with E-state index in [9.17, 15) is 9.59 Å². The number of aromatic nitrogens is 1. The summed E-state index contributed by atoms with van der Waals surface area (Å²) in [6.45, 7) is 4.44. The van der Waals surface area contributed by atoms with Crippen molar-refractivity contribution in [2.24, 2.45) is 23.7 Å². The van der Waals surface area contributed by atoms with Crippen LogP contribution in [-0.4, -0.2) is 22.8 Å². The first-order valence-corrected chi connectivity index (χ1v) is 11.7. The van der Waals surface area contributed by atoms with Crippen molar-refractivity contribution >= 4 is 17.6 Å². The second-order valence-electron chi connectivity index (χ2n) is 9.66. The Morgan fingerprint density at radius 2 is 1.90 bits per heavy atom. The van der Waals surface area contributed by atoms with Crippen molar-refractivity contribution in [3.05, 3.63) is 23.9 Å². The minimum absolute atomic E-state index is 0.0321. The van der Waals surface area contributed by atoms with Crippen LogP contribution in [-0.2, 0) is 16.1 Å². The van der Waals surface area contributed by atoms with E-state index in [0.29, 0.717) is 30.6 Å². The first kappa shape index (κ1) is 22.6. The second kappa shape index (κ2) is 10.8. The summed E-state index contributed by atoms with van der Waals surface area (Å²) in [5.41, 5.74) is 6.54. The van der Waals surface area contributed by atoms with E-state index in [0.717, 1.165) is 17.9 Å². The van der Waals surface area contributed by atoms with E-state index >= 15 is 0 Å². The molecule has 3 unspecified atom stereocenters. The molecule has 0 spiro atoms. The number of hydrogen-bond acceptors (Lipinski definition) is 4. The van der Waals surface area contributed by atoms with Gasteiger partial charge < -0.3 is 16.4 Å². The van der Waals surface area contributed by atoms with Crippen LogP contribution in [0.3, 0.4) is 0 Å². The topological polar surface area (TPSA) is 97.1 Å². The van der Waals surface area contributed by atoms with Gasteiger partial charge in [0.2, 0.25) is 11.8 Å². The highest BCUT2D eigenvalue weighted by atomic mass is 16.2. The van der Waals surface area contributed by atoms with Gasteiger partial charge in [0.25, 0.3) is 0 Å². The van der Waals surface area contributed by atoms with Gasteiger partial charge in [0.15, 0.2) is 0 Å². The zero-order chi connectivity index (χ0) is 21.5. The standard InChI is InChI=1S/C24H38N4O2/c1-16(2)12-23(29)28-21(24(30)27-15-17-10-11-22(25)26-14-17)13-19-8-5-7-18-6-3-4-9-20(18)19/h10-11,14,16,18-21H,3-9,12-13,15H2,1-2H3,(H2,25,26)(H,27,30)(H,28,29)/t18?,19?,20?,21-/m0/s1. The lowest BCUT2D eigenvalue weighted by Crippen LogP contribution is -2.49. The average Bonchev–Trinajstić information content (AvgIpc) is 2.72. The molecule has 6 nitrogen and oxygen atoms in total. The molecular formula is C24H38N4O2. The lowest BCUT2D eigenvalue weighted by Gasteiger charge is -2.42. The van der Waals surface area contributed by atoms with E-state index in [4.69, 9.17) is 5.73 Å². The number of carbonyl (C=O) groups excluding carboxylic acids is 2. The molecule has 0 aromatic carbocycles. The Hall–Kier alpha value is -2.11. The van der Waals surface area contributed by atoms with Gasteiger partial charge in [0.1, 0.15) is 11.9 Å². The Balaban J connectivity index is 1.64. The van der Waals surface area contributed by atoms with Gasteiger partial charge in [-0.2, -0.15) is 0 Å². The van der Waals surface area contributed by atoms with Crippen molar-refractivity contribution in [2.45, 2.75) is 84.2 Å². The third-order valence-electron chi connectivity index (χ3n) is 6.82. The van der Waals surface area contributed by atoms with Gasteiger partial charge >= 0.3 is 0 Å². The fourth-order valence-corrected chi connectivity index (χ4v) is 5.38. The molecule has 1 heterocycles. The van der Waals surface area contributed by atoms with E-state index < -0.39 is 6.04 Å². The first-order chi connectivity index (χ1) is 14.4. The Morgan fingerprint density at radius 1 is 1.13 bits per heavy atom. The molecule has 1 aromatic rings. The van der Waals surface area contributed by atoms with Gasteiger partial charge in [0, 0.05) is 19.2 Å². The molecule has 2 aliphatic rings. The van der Waals surface area contributed by atoms with E-state index in [1.165, 1.54) is 44.9 Å². The van der Waals surface area contributed by atoms with Gasteiger partial charge in [-0.05, 0) is 48.1 Å². The number of fused-ring (bicyclic) bond motifs is 1. The van der Waals surface area contributed by atoms with Crippen molar-refractivity contribution in [3.8, 4) is 0 Å². The molecule has 4 atom stereocenters. The van der Waals surface area contributed by atoms with Crippen LogP contribution in [0.1, 0.15) is 77.2 Å². The second-order valence-corrected chi connectivity index (χ2v) is 9.66. The smallest absolute Gasteiger partial charge is 0.242 e. The summed E-state index contributed by atoms with van der Waals surface area (Å²) in [4.78, 5) is 29.6. The molecule has 1 aromatic heterocycles. The van der Waals surface area contributed by atoms with Crippen LogP contribution >= 0.6 is 0 Å². The summed E-state index contributed by atoms with van der Waals surface area (Å²) >= 11 is 0. The Kier molecular flexibility index (Phi) is 8.11. The Labute approximate surface area is 180 Å². The minimum Gasteiger partial charge on any atom is -0.384 e. The molecule has 30 heavy (non-hydrogen) atoms. The van der Waals surface area contributed by atoms with Gasteiger partial charge in [0.05, 0.1) is 0 Å². The fourth-order valence-electron chi connectivity index (χ4n) is 5.38. The quantitative estimate of drug-likeness (QED) is 0.602. The molecule has 2 amide bonds. The number of rotatable bonds is 8. The van der Waals surface area contributed by atoms with Gasteiger partial charge in [-0.25, -0.2) is 4.98 Å². The number of nitrogens with one attached hydrogen (secondary N) is 2. The molecule has 4 N–H and O–H groups in total. The SMILES string of the molecule is CC(C)CC(=O)N[C@@H](CC1CCCC2CCCCC21)C(=O)NCc1ccc(N)nc1. The molecular weight excluding hydrogens is 376 g/mol. The highest BCUT2D eigenvalue weighted by molar-refractivity contribution is 5.87. The van der Waals surface area contributed by atoms with Crippen LogP contribution in [0.2, 0.25) is 0 Å². The van der Waals surface area contributed by atoms with Crippen LogP contribution in [0.4, 0.5) is 5.82 Å². The molecule has 0 aliphatic heterocycles. The van der Waals surface area contributed by atoms with E-state index in [-0.39, 0.29) is 17.7 Å². The summed E-state index contributed by atoms with van der Waals surface area (Å²) in [6, 6.07) is 3.13. The largest absolute Gasteiger partial charge is 0.384 e. The van der Waals surface area contributed by atoms with Crippen molar-refractivity contribution in [1.82, 2.24) is 15.6 Å². The third-order valence-corrected chi connectivity index (χ3v) is 6.82. The molecule has 0 bridgehead atoms. The summed E-state index contributed by atoms with van der Waals surface area (Å²) < 4.78 is 0. The highest BCUT2D eigenvalue weighted by Gasteiger charge is 2.37. The van der Waals surface area contributed by atoms with Gasteiger partial charge in [-0.3, -0.25) is 9.59 Å². The van der Waals surface area contributed by atoms with Crippen LogP contribution in [0.5, 0.6) is 0 Å². The van der Waals surface area contributed by atoms with Crippen molar-refractivity contribution in [1.29, 1.82) is 0 Å². The summed E-state index contributed by atoms with van der Waals surface area (Å²) in [6.07, 6.45) is 11.9. The van der Waals surface area contributed by atoms with Gasteiger partial charge in [-0.15, -0.1) is 0 Å². The predicted octanol–water partition coefficient (Wildman–Crippen LogP) is 3.81. The zero-order valence-electron chi connectivity index (χ0n) is 18.5. The molecule has 2 saturated carbocycles. The average molecular weight is 415 g/mol. The van der Waals surface area contributed by atoms with Crippen molar-refractivity contribution in [3.63, 3.8) is 0 Å². The number of nitrogens with two attached hydrogens (primary N) is 1. The minimum atomic E-state index is -0.469.